The molecule has 104 valence electrons. The van der Waals surface area contributed by atoms with Crippen LogP contribution in [0.2, 0.25) is 0 Å². The molecule has 1 aromatic carbocycles. The van der Waals surface area contributed by atoms with Gasteiger partial charge in [0, 0.05) is 36.6 Å². The summed E-state index contributed by atoms with van der Waals surface area (Å²) >= 11 is 1.75. The zero-order valence-corrected chi connectivity index (χ0v) is 12.6. The molecule has 1 fully saturated rings. The quantitative estimate of drug-likeness (QED) is 0.661. The van der Waals surface area contributed by atoms with Crippen LogP contribution in [0.15, 0.2) is 23.1 Å². The molecular weight excluding hydrogens is 256 g/mol. The number of aryl methyl sites for hydroxylation is 1. The fourth-order valence-electron chi connectivity index (χ4n) is 2.30. The minimum atomic E-state index is 0.251. The van der Waals surface area contributed by atoms with Crippen LogP contribution in [-0.4, -0.2) is 49.2 Å². The molecule has 4 heteroatoms. The number of carbonyl (C=O) groups excluding carboxylic acids is 1. The van der Waals surface area contributed by atoms with Gasteiger partial charge in [-0.3, -0.25) is 9.69 Å². The Labute approximate surface area is 119 Å². The Kier molecular flexibility index (Phi) is 5.43. The number of ketones is 1. The first-order valence-electron chi connectivity index (χ1n) is 6.90. The van der Waals surface area contributed by atoms with Gasteiger partial charge in [0.25, 0.3) is 0 Å². The second-order valence-corrected chi connectivity index (χ2v) is 6.19. The maximum atomic E-state index is 12.5. The van der Waals surface area contributed by atoms with Gasteiger partial charge in [-0.2, -0.15) is 0 Å². The largest absolute Gasteiger partial charge is 0.314 e. The zero-order chi connectivity index (χ0) is 13.7. The maximum Gasteiger partial charge on any atom is 0.177 e. The summed E-state index contributed by atoms with van der Waals surface area (Å²) in [5, 5.41) is 3.31. The highest BCUT2D eigenvalue weighted by Crippen LogP contribution is 2.24. The summed E-state index contributed by atoms with van der Waals surface area (Å²) in [6, 6.07) is 6.19. The number of nitrogens with zero attached hydrogens (tertiary/aromatic N) is 1. The van der Waals surface area contributed by atoms with Crippen LogP contribution in [0, 0.1) is 6.92 Å². The van der Waals surface area contributed by atoms with Gasteiger partial charge in [-0.05, 0) is 24.8 Å². The maximum absolute atomic E-state index is 12.5. The summed E-state index contributed by atoms with van der Waals surface area (Å²) in [7, 11) is 0. The number of thioether (sulfide) groups is 1. The molecule has 3 nitrogen and oxygen atoms in total. The monoisotopic (exact) mass is 278 g/mol. The molecule has 0 aliphatic carbocycles. The molecule has 0 bridgehead atoms. The molecule has 0 radical (unpaired) electrons. The number of hydrogen-bond donors (Lipinski definition) is 1. The third-order valence-corrected chi connectivity index (χ3v) is 4.27. The molecule has 0 atom stereocenters. The highest BCUT2D eigenvalue weighted by atomic mass is 32.2. The van der Waals surface area contributed by atoms with E-state index in [1.54, 1.807) is 11.8 Å². The van der Waals surface area contributed by atoms with Gasteiger partial charge in [0.15, 0.2) is 5.78 Å². The fraction of sp³-hybridized carbons (Fsp3) is 0.533. The van der Waals surface area contributed by atoms with Crippen molar-refractivity contribution in [2.24, 2.45) is 0 Å². The van der Waals surface area contributed by atoms with Crippen LogP contribution >= 0.6 is 11.8 Å². The van der Waals surface area contributed by atoms with E-state index in [0.29, 0.717) is 6.54 Å². The molecule has 0 unspecified atom stereocenters. The molecule has 0 amide bonds. The molecule has 2 rings (SSSR count). The third kappa shape index (κ3) is 4.06. The number of Topliss-reactive ketones (excluding diaryl/α,β-unsaturated/α-hetero) is 1. The Morgan fingerprint density at radius 1 is 1.37 bits per heavy atom. The van der Waals surface area contributed by atoms with Gasteiger partial charge in [-0.25, -0.2) is 0 Å². The second-order valence-electron chi connectivity index (χ2n) is 4.88. The average molecular weight is 278 g/mol. The molecular formula is C15H22N2OS. The molecule has 0 saturated carbocycles. The Hall–Kier alpha value is -0.840. The molecule has 19 heavy (non-hydrogen) atoms. The van der Waals surface area contributed by atoms with Gasteiger partial charge in [0.1, 0.15) is 0 Å². The number of carbonyl (C=O) groups is 1. The number of piperazine rings is 1. The smallest absolute Gasteiger partial charge is 0.177 e. The first kappa shape index (κ1) is 14.6. The molecule has 1 aliphatic heterocycles. The number of rotatable bonds is 5. The van der Waals surface area contributed by atoms with Crippen molar-refractivity contribution in [1.82, 2.24) is 10.2 Å². The Bertz CT molecular complexity index is 442. The summed E-state index contributed by atoms with van der Waals surface area (Å²) in [5.41, 5.74) is 2.05. The number of nitrogens with one attached hydrogen (secondary N) is 1. The standard InChI is InChI=1S/C15H22N2OS/c1-3-19-15-5-4-12(2)10-13(15)14(18)11-17-8-6-16-7-9-17/h4-5,10,16H,3,6-9,11H2,1-2H3. The lowest BCUT2D eigenvalue weighted by molar-refractivity contribution is 0.0918. The van der Waals surface area contributed by atoms with Crippen LogP contribution in [0.25, 0.3) is 0 Å². The van der Waals surface area contributed by atoms with Crippen molar-refractivity contribution in [2.75, 3.05) is 38.5 Å². The van der Waals surface area contributed by atoms with Crippen molar-refractivity contribution in [2.45, 2.75) is 18.7 Å². The fourth-order valence-corrected chi connectivity index (χ4v) is 3.10. The highest BCUT2D eigenvalue weighted by Gasteiger charge is 2.17. The lowest BCUT2D eigenvalue weighted by Gasteiger charge is -2.26. The molecule has 1 aliphatic rings. The SMILES string of the molecule is CCSc1ccc(C)cc1C(=O)CN1CCNCC1. The van der Waals surface area contributed by atoms with Gasteiger partial charge < -0.3 is 5.32 Å². The van der Waals surface area contributed by atoms with E-state index in [-0.39, 0.29) is 5.78 Å². The van der Waals surface area contributed by atoms with E-state index in [1.807, 2.05) is 13.0 Å². The Morgan fingerprint density at radius 2 is 2.11 bits per heavy atom. The predicted molar refractivity (Wildman–Crippen MR) is 81.2 cm³/mol. The van der Waals surface area contributed by atoms with Gasteiger partial charge in [-0.1, -0.05) is 18.6 Å². The molecule has 1 saturated heterocycles. The first-order valence-corrected chi connectivity index (χ1v) is 7.89. The highest BCUT2D eigenvalue weighted by molar-refractivity contribution is 7.99. The van der Waals surface area contributed by atoms with Crippen molar-refractivity contribution in [3.63, 3.8) is 0 Å². The van der Waals surface area contributed by atoms with Crippen LogP contribution in [0.5, 0.6) is 0 Å². The van der Waals surface area contributed by atoms with Gasteiger partial charge in [0.05, 0.1) is 6.54 Å². The molecule has 0 aromatic heterocycles. The van der Waals surface area contributed by atoms with E-state index < -0.39 is 0 Å². The zero-order valence-electron chi connectivity index (χ0n) is 11.7. The normalized spacial score (nSPS) is 16.5. The number of hydrogen-bond acceptors (Lipinski definition) is 4. The van der Waals surface area contributed by atoms with E-state index in [9.17, 15) is 4.79 Å². The van der Waals surface area contributed by atoms with E-state index in [2.05, 4.69) is 29.3 Å². The van der Waals surface area contributed by atoms with E-state index in [0.717, 1.165) is 48.0 Å². The van der Waals surface area contributed by atoms with E-state index >= 15 is 0 Å². The summed E-state index contributed by atoms with van der Waals surface area (Å²) < 4.78 is 0. The lowest BCUT2D eigenvalue weighted by atomic mass is 10.1. The molecule has 0 spiro atoms. The Morgan fingerprint density at radius 3 is 2.79 bits per heavy atom. The van der Waals surface area contributed by atoms with Gasteiger partial charge in [-0.15, -0.1) is 11.8 Å². The van der Waals surface area contributed by atoms with E-state index in [4.69, 9.17) is 0 Å². The minimum Gasteiger partial charge on any atom is -0.314 e. The first-order chi connectivity index (χ1) is 9.20. The average Bonchev–Trinajstić information content (AvgIpc) is 2.42. The third-order valence-electron chi connectivity index (χ3n) is 3.31. The second kappa shape index (κ2) is 7.08. The van der Waals surface area contributed by atoms with Crippen LogP contribution in [-0.2, 0) is 0 Å². The van der Waals surface area contributed by atoms with Crippen molar-refractivity contribution >= 4 is 17.5 Å². The van der Waals surface area contributed by atoms with Crippen molar-refractivity contribution < 1.29 is 4.79 Å². The van der Waals surface area contributed by atoms with Gasteiger partial charge in [0.2, 0.25) is 0 Å². The van der Waals surface area contributed by atoms with Crippen LogP contribution in [0.3, 0.4) is 0 Å². The molecule has 1 heterocycles. The summed E-state index contributed by atoms with van der Waals surface area (Å²) in [6.07, 6.45) is 0. The minimum absolute atomic E-state index is 0.251. The Balaban J connectivity index is 2.10. The van der Waals surface area contributed by atoms with Crippen molar-refractivity contribution in [3.05, 3.63) is 29.3 Å². The van der Waals surface area contributed by atoms with Crippen LogP contribution in [0.1, 0.15) is 22.8 Å². The summed E-state index contributed by atoms with van der Waals surface area (Å²) in [6.45, 7) is 8.61. The lowest BCUT2D eigenvalue weighted by Crippen LogP contribution is -2.45. The van der Waals surface area contributed by atoms with Crippen molar-refractivity contribution in [1.29, 1.82) is 0 Å². The summed E-state index contributed by atoms with van der Waals surface area (Å²) in [5.74, 6) is 1.25. The van der Waals surface area contributed by atoms with Gasteiger partial charge >= 0.3 is 0 Å². The van der Waals surface area contributed by atoms with Crippen molar-refractivity contribution in [3.8, 4) is 0 Å². The number of benzene rings is 1. The summed E-state index contributed by atoms with van der Waals surface area (Å²) in [4.78, 5) is 15.8. The van der Waals surface area contributed by atoms with Crippen LogP contribution < -0.4 is 5.32 Å². The molecule has 1 N–H and O–H groups in total. The van der Waals surface area contributed by atoms with E-state index in [1.165, 1.54) is 0 Å². The van der Waals surface area contributed by atoms with Crippen LogP contribution in [0.4, 0.5) is 0 Å². The molecule has 1 aromatic rings. The predicted octanol–water partition coefficient (Wildman–Crippen LogP) is 2.19. The topological polar surface area (TPSA) is 32.3 Å².